The summed E-state index contributed by atoms with van der Waals surface area (Å²) < 4.78 is 1.74. The number of benzene rings is 2. The van der Waals surface area contributed by atoms with E-state index in [0.717, 1.165) is 16.8 Å². The van der Waals surface area contributed by atoms with Gasteiger partial charge in [0.15, 0.2) is 5.11 Å². The van der Waals surface area contributed by atoms with Crippen molar-refractivity contribution in [3.8, 4) is 5.69 Å². The summed E-state index contributed by atoms with van der Waals surface area (Å²) >= 11 is 5.15. The lowest BCUT2D eigenvalue weighted by Crippen LogP contribution is -2.47. The smallest absolute Gasteiger partial charge is 0.242 e. The first-order chi connectivity index (χ1) is 12.7. The van der Waals surface area contributed by atoms with Crippen molar-refractivity contribution in [1.82, 2.24) is 25.9 Å². The molecule has 0 aliphatic carbocycles. The van der Waals surface area contributed by atoms with Gasteiger partial charge in [-0.1, -0.05) is 48.5 Å². The summed E-state index contributed by atoms with van der Waals surface area (Å²) in [7, 11) is 0. The van der Waals surface area contributed by atoms with E-state index in [2.05, 4.69) is 21.3 Å². The molecule has 0 atom stereocenters. The Morgan fingerprint density at radius 2 is 1.65 bits per heavy atom. The third-order valence-electron chi connectivity index (χ3n) is 3.63. The van der Waals surface area contributed by atoms with Gasteiger partial charge in [-0.15, -0.1) is 0 Å². The predicted octanol–water partition coefficient (Wildman–Crippen LogP) is 2.11. The number of nitrogens with one attached hydrogen (secondary N) is 3. The van der Waals surface area contributed by atoms with Crippen molar-refractivity contribution >= 4 is 23.2 Å². The van der Waals surface area contributed by atoms with Gasteiger partial charge >= 0.3 is 0 Å². The molecule has 7 heteroatoms. The van der Waals surface area contributed by atoms with Crippen LogP contribution in [-0.4, -0.2) is 20.8 Å². The summed E-state index contributed by atoms with van der Waals surface area (Å²) in [5, 5.41) is 7.67. The van der Waals surface area contributed by atoms with E-state index in [1.54, 1.807) is 10.9 Å². The number of thiocarbonyl (C=S) groups is 1. The Kier molecular flexibility index (Phi) is 5.95. The van der Waals surface area contributed by atoms with Crippen LogP contribution >= 0.6 is 12.2 Å². The summed E-state index contributed by atoms with van der Waals surface area (Å²) in [6, 6.07) is 19.6. The van der Waals surface area contributed by atoms with Crippen LogP contribution in [0.3, 0.4) is 0 Å². The standard InChI is InChI=1S/C19H19N5OS/c25-18(22-23-19(26)20-12-15-7-3-1-4-8-15)11-16-13-21-24(14-16)17-9-5-2-6-10-17/h1-10,13-14H,11-12H2,(H,22,25)(H2,20,23,26). The minimum Gasteiger partial charge on any atom is -0.357 e. The molecule has 3 rings (SSSR count). The van der Waals surface area contributed by atoms with Gasteiger partial charge in [-0.05, 0) is 35.5 Å². The van der Waals surface area contributed by atoms with Crippen molar-refractivity contribution in [3.05, 3.63) is 84.2 Å². The summed E-state index contributed by atoms with van der Waals surface area (Å²) in [4.78, 5) is 12.0. The van der Waals surface area contributed by atoms with E-state index in [0.29, 0.717) is 11.7 Å². The molecule has 1 aromatic heterocycles. The van der Waals surface area contributed by atoms with Crippen LogP contribution in [-0.2, 0) is 17.8 Å². The topological polar surface area (TPSA) is 71.0 Å². The minimum atomic E-state index is -0.193. The van der Waals surface area contributed by atoms with E-state index >= 15 is 0 Å². The summed E-state index contributed by atoms with van der Waals surface area (Å²) in [5.74, 6) is -0.193. The minimum absolute atomic E-state index is 0.193. The van der Waals surface area contributed by atoms with Crippen LogP contribution in [0.1, 0.15) is 11.1 Å². The Hall–Kier alpha value is -3.19. The van der Waals surface area contributed by atoms with E-state index < -0.39 is 0 Å². The molecule has 132 valence electrons. The fourth-order valence-corrected chi connectivity index (χ4v) is 2.47. The molecule has 0 fully saturated rings. The fourth-order valence-electron chi connectivity index (χ4n) is 2.35. The van der Waals surface area contributed by atoms with Crippen LogP contribution in [0.25, 0.3) is 5.69 Å². The highest BCUT2D eigenvalue weighted by Crippen LogP contribution is 2.07. The van der Waals surface area contributed by atoms with Gasteiger partial charge in [0.25, 0.3) is 0 Å². The zero-order valence-electron chi connectivity index (χ0n) is 14.1. The Labute approximate surface area is 157 Å². The van der Waals surface area contributed by atoms with Gasteiger partial charge in [0.1, 0.15) is 0 Å². The first-order valence-corrected chi connectivity index (χ1v) is 8.57. The van der Waals surface area contributed by atoms with Crippen LogP contribution in [0.4, 0.5) is 0 Å². The van der Waals surface area contributed by atoms with Crippen LogP contribution in [0.5, 0.6) is 0 Å². The van der Waals surface area contributed by atoms with Gasteiger partial charge in [0.05, 0.1) is 18.3 Å². The quantitative estimate of drug-likeness (QED) is 0.477. The zero-order chi connectivity index (χ0) is 18.2. The Bertz CT molecular complexity index is 864. The average Bonchev–Trinajstić information content (AvgIpc) is 3.15. The number of carbonyl (C=O) groups is 1. The maximum Gasteiger partial charge on any atom is 0.242 e. The molecule has 1 amide bonds. The first kappa shape index (κ1) is 17.6. The van der Waals surface area contributed by atoms with Crippen molar-refractivity contribution in [2.24, 2.45) is 0 Å². The van der Waals surface area contributed by atoms with Gasteiger partial charge < -0.3 is 5.32 Å². The highest BCUT2D eigenvalue weighted by Gasteiger charge is 2.07. The number of hydrazine groups is 1. The number of nitrogens with zero attached hydrogens (tertiary/aromatic N) is 2. The van der Waals surface area contributed by atoms with Crippen molar-refractivity contribution in [1.29, 1.82) is 0 Å². The lowest BCUT2D eigenvalue weighted by Gasteiger charge is -2.11. The van der Waals surface area contributed by atoms with E-state index in [1.807, 2.05) is 66.9 Å². The van der Waals surface area contributed by atoms with Crippen molar-refractivity contribution < 1.29 is 4.79 Å². The summed E-state index contributed by atoms with van der Waals surface area (Å²) in [6.07, 6.45) is 3.72. The SMILES string of the molecule is O=C(Cc1cnn(-c2ccccc2)c1)NNC(=S)NCc1ccccc1. The molecule has 0 aliphatic heterocycles. The van der Waals surface area contributed by atoms with Crippen molar-refractivity contribution in [2.75, 3.05) is 0 Å². The highest BCUT2D eigenvalue weighted by molar-refractivity contribution is 7.80. The Balaban J connectivity index is 1.43. The summed E-state index contributed by atoms with van der Waals surface area (Å²) in [5.41, 5.74) is 8.16. The number of carbonyl (C=O) groups excluding carboxylic acids is 1. The van der Waals surface area contributed by atoms with Gasteiger partial charge in [-0.2, -0.15) is 5.10 Å². The zero-order valence-corrected chi connectivity index (χ0v) is 14.9. The van der Waals surface area contributed by atoms with Crippen molar-refractivity contribution in [3.63, 3.8) is 0 Å². The van der Waals surface area contributed by atoms with Gasteiger partial charge in [0, 0.05) is 12.7 Å². The normalized spacial score (nSPS) is 10.2. The number of hydrogen-bond acceptors (Lipinski definition) is 3. The van der Waals surface area contributed by atoms with Crippen LogP contribution < -0.4 is 16.2 Å². The molecule has 0 aliphatic rings. The first-order valence-electron chi connectivity index (χ1n) is 8.16. The van der Waals surface area contributed by atoms with Crippen LogP contribution in [0.15, 0.2) is 73.1 Å². The monoisotopic (exact) mass is 365 g/mol. The largest absolute Gasteiger partial charge is 0.357 e. The van der Waals surface area contributed by atoms with Gasteiger partial charge in [-0.25, -0.2) is 4.68 Å². The number of rotatable bonds is 5. The Morgan fingerprint density at radius 1 is 0.962 bits per heavy atom. The molecule has 0 bridgehead atoms. The molecule has 0 saturated heterocycles. The maximum absolute atomic E-state index is 12.0. The molecule has 0 saturated carbocycles. The molecule has 1 heterocycles. The lowest BCUT2D eigenvalue weighted by atomic mass is 10.2. The van der Waals surface area contributed by atoms with E-state index in [4.69, 9.17) is 12.2 Å². The van der Waals surface area contributed by atoms with Crippen LogP contribution in [0, 0.1) is 0 Å². The van der Waals surface area contributed by atoms with E-state index in [9.17, 15) is 4.79 Å². The van der Waals surface area contributed by atoms with E-state index in [-0.39, 0.29) is 12.3 Å². The predicted molar refractivity (Wildman–Crippen MR) is 104 cm³/mol. The molecule has 0 spiro atoms. The third kappa shape index (κ3) is 5.15. The number of hydrogen-bond donors (Lipinski definition) is 3. The molecule has 0 unspecified atom stereocenters. The molecule has 6 nitrogen and oxygen atoms in total. The maximum atomic E-state index is 12.0. The average molecular weight is 365 g/mol. The molecular weight excluding hydrogens is 346 g/mol. The molecular formula is C19H19N5OS. The van der Waals surface area contributed by atoms with Crippen LogP contribution in [0.2, 0.25) is 0 Å². The second-order valence-corrected chi connectivity index (χ2v) is 6.06. The van der Waals surface area contributed by atoms with E-state index in [1.165, 1.54) is 0 Å². The third-order valence-corrected chi connectivity index (χ3v) is 3.88. The highest BCUT2D eigenvalue weighted by atomic mass is 32.1. The molecule has 2 aromatic carbocycles. The summed E-state index contributed by atoms with van der Waals surface area (Å²) in [6.45, 7) is 0.590. The number of aromatic nitrogens is 2. The van der Waals surface area contributed by atoms with Gasteiger partial charge in [-0.3, -0.25) is 15.6 Å². The molecule has 3 aromatic rings. The second kappa shape index (κ2) is 8.77. The Morgan fingerprint density at radius 3 is 2.38 bits per heavy atom. The van der Waals surface area contributed by atoms with Crippen molar-refractivity contribution in [2.45, 2.75) is 13.0 Å². The fraction of sp³-hybridized carbons (Fsp3) is 0.105. The number of amides is 1. The lowest BCUT2D eigenvalue weighted by molar-refractivity contribution is -0.121. The second-order valence-electron chi connectivity index (χ2n) is 5.65. The number of para-hydroxylation sites is 1. The molecule has 0 radical (unpaired) electrons. The van der Waals surface area contributed by atoms with Gasteiger partial charge in [0.2, 0.25) is 5.91 Å². The molecule has 26 heavy (non-hydrogen) atoms. The molecule has 3 N–H and O–H groups in total.